The van der Waals surface area contributed by atoms with Crippen LogP contribution in [0, 0.1) is 10.1 Å². The Bertz CT molecular complexity index is 1340. The Hall–Kier alpha value is -4.63. The Morgan fingerprint density at radius 2 is 1.67 bits per heavy atom. The number of alkyl halides is 3. The molecule has 42 heavy (non-hydrogen) atoms. The molecule has 2 aromatic rings. The molecule has 0 aliphatic carbocycles. The quantitative estimate of drug-likeness (QED) is 0.398. The smallest absolute Gasteiger partial charge is 0.415 e. The van der Waals surface area contributed by atoms with E-state index >= 15 is 0 Å². The van der Waals surface area contributed by atoms with Gasteiger partial charge in [-0.3, -0.25) is 14.9 Å². The van der Waals surface area contributed by atoms with Crippen LogP contribution < -0.4 is 15.5 Å². The summed E-state index contributed by atoms with van der Waals surface area (Å²) in [4.78, 5) is 49.2. The van der Waals surface area contributed by atoms with Crippen molar-refractivity contribution in [1.82, 2.24) is 14.8 Å². The third-order valence-electron chi connectivity index (χ3n) is 7.24. The van der Waals surface area contributed by atoms with Gasteiger partial charge in [0.05, 0.1) is 16.8 Å². The zero-order valence-corrected chi connectivity index (χ0v) is 22.4. The van der Waals surface area contributed by atoms with E-state index < -0.39 is 35.2 Å². The van der Waals surface area contributed by atoms with Crippen LogP contribution in [0.1, 0.15) is 19.3 Å². The molecule has 2 atom stereocenters. The lowest BCUT2D eigenvalue weighted by Gasteiger charge is -2.35. The number of aliphatic imine (C=N–C) groups is 1. The van der Waals surface area contributed by atoms with Crippen LogP contribution in [0.25, 0.3) is 0 Å². The van der Waals surface area contributed by atoms with Crippen molar-refractivity contribution in [2.45, 2.75) is 37.6 Å². The fraction of sp³-hybridized carbons (Fsp3) is 0.462. The highest BCUT2D eigenvalue weighted by atomic mass is 19.4. The van der Waals surface area contributed by atoms with Gasteiger partial charge in [-0.1, -0.05) is 12.1 Å². The molecule has 4 heterocycles. The normalized spacial score (nSPS) is 20.9. The van der Waals surface area contributed by atoms with Gasteiger partial charge in [0.25, 0.3) is 17.6 Å². The Kier molecular flexibility index (Phi) is 8.31. The summed E-state index contributed by atoms with van der Waals surface area (Å²) < 4.78 is 46.5. The number of piperazine rings is 1. The highest BCUT2D eigenvalue weighted by Gasteiger charge is 2.54. The van der Waals surface area contributed by atoms with Gasteiger partial charge in [0, 0.05) is 45.3 Å². The SMILES string of the molecule is O=C(Nc1ccc(N2CCN(C(=O)Nc3ccccc3[N+](=O)[O-])CC2)nc1)C1OC(N2CCCCC2)=NC1C(F)(F)F. The minimum Gasteiger partial charge on any atom is -0.449 e. The summed E-state index contributed by atoms with van der Waals surface area (Å²) in [6.07, 6.45) is -2.66. The molecule has 3 aliphatic heterocycles. The first-order chi connectivity index (χ1) is 20.1. The van der Waals surface area contributed by atoms with Crippen molar-refractivity contribution >= 4 is 40.8 Å². The number of amidine groups is 1. The van der Waals surface area contributed by atoms with E-state index in [4.69, 9.17) is 4.74 Å². The number of nitro benzene ring substituents is 1. The second-order valence-corrected chi connectivity index (χ2v) is 10.1. The number of urea groups is 1. The van der Waals surface area contributed by atoms with E-state index in [1.807, 2.05) is 4.90 Å². The monoisotopic (exact) mass is 590 g/mol. The van der Waals surface area contributed by atoms with Crippen LogP contribution in [0.5, 0.6) is 0 Å². The molecule has 5 rings (SSSR count). The molecule has 0 bridgehead atoms. The van der Waals surface area contributed by atoms with Crippen molar-refractivity contribution in [3.05, 3.63) is 52.7 Å². The Morgan fingerprint density at radius 3 is 2.31 bits per heavy atom. The molecular formula is C26H29F3N8O5. The number of carbonyl (C=O) groups is 2. The predicted octanol–water partition coefficient (Wildman–Crippen LogP) is 3.45. The largest absolute Gasteiger partial charge is 0.449 e. The van der Waals surface area contributed by atoms with E-state index in [2.05, 4.69) is 20.6 Å². The Morgan fingerprint density at radius 1 is 0.952 bits per heavy atom. The third-order valence-corrected chi connectivity index (χ3v) is 7.24. The average Bonchev–Trinajstić information content (AvgIpc) is 3.45. The van der Waals surface area contributed by atoms with Gasteiger partial charge < -0.3 is 30.1 Å². The summed E-state index contributed by atoms with van der Waals surface area (Å²) in [5.41, 5.74) is 0.0968. The number of likely N-dealkylation sites (tertiary alicyclic amines) is 1. The number of para-hydroxylation sites is 2. The van der Waals surface area contributed by atoms with Crippen molar-refractivity contribution in [3.63, 3.8) is 0 Å². The first-order valence-corrected chi connectivity index (χ1v) is 13.5. The van der Waals surface area contributed by atoms with Gasteiger partial charge in [0.15, 0.2) is 6.04 Å². The van der Waals surface area contributed by atoms with E-state index in [1.54, 1.807) is 17.0 Å². The highest BCUT2D eigenvalue weighted by Crippen LogP contribution is 2.33. The van der Waals surface area contributed by atoms with Crippen LogP contribution in [0.4, 0.5) is 40.8 Å². The topological polar surface area (TPSA) is 146 Å². The number of nitrogens with zero attached hydrogens (tertiary/aromatic N) is 6. The van der Waals surface area contributed by atoms with Gasteiger partial charge in [0.1, 0.15) is 11.5 Å². The van der Waals surface area contributed by atoms with Crippen LogP contribution in [-0.2, 0) is 9.53 Å². The summed E-state index contributed by atoms with van der Waals surface area (Å²) in [6.45, 7) is 2.54. The molecule has 2 unspecified atom stereocenters. The number of rotatable bonds is 5. The number of nitrogens with one attached hydrogen (secondary N) is 2. The van der Waals surface area contributed by atoms with Gasteiger partial charge >= 0.3 is 12.2 Å². The van der Waals surface area contributed by atoms with E-state index in [-0.39, 0.29) is 23.1 Å². The number of pyridine rings is 1. The zero-order valence-electron chi connectivity index (χ0n) is 22.4. The molecule has 0 saturated carbocycles. The molecule has 0 spiro atoms. The second-order valence-electron chi connectivity index (χ2n) is 10.1. The van der Waals surface area contributed by atoms with Gasteiger partial charge in [-0.25, -0.2) is 14.8 Å². The highest BCUT2D eigenvalue weighted by molar-refractivity contribution is 5.97. The maximum atomic E-state index is 13.7. The molecule has 224 valence electrons. The number of nitro groups is 1. The molecule has 2 saturated heterocycles. The fourth-order valence-electron chi connectivity index (χ4n) is 5.01. The van der Waals surface area contributed by atoms with E-state index in [9.17, 15) is 32.9 Å². The maximum absolute atomic E-state index is 13.7. The minimum absolute atomic E-state index is 0.105. The van der Waals surface area contributed by atoms with Crippen LogP contribution in [-0.4, -0.2) is 95.3 Å². The number of aromatic nitrogens is 1. The molecule has 3 aliphatic rings. The lowest BCUT2D eigenvalue weighted by atomic mass is 10.1. The molecular weight excluding hydrogens is 561 g/mol. The number of piperidine rings is 1. The summed E-state index contributed by atoms with van der Waals surface area (Å²) in [5, 5.41) is 16.2. The summed E-state index contributed by atoms with van der Waals surface area (Å²) in [5.74, 6) is -0.423. The first kappa shape index (κ1) is 28.9. The van der Waals surface area contributed by atoms with Crippen LogP contribution in [0.3, 0.4) is 0 Å². The number of carbonyl (C=O) groups excluding carboxylic acids is 2. The van der Waals surface area contributed by atoms with Crippen molar-refractivity contribution in [3.8, 4) is 0 Å². The van der Waals surface area contributed by atoms with Gasteiger partial charge in [-0.15, -0.1) is 0 Å². The van der Waals surface area contributed by atoms with Gasteiger partial charge in [-0.2, -0.15) is 13.2 Å². The summed E-state index contributed by atoms with van der Waals surface area (Å²) in [6, 6.07) is 6.09. The minimum atomic E-state index is -4.75. The number of hydrogen-bond donors (Lipinski definition) is 2. The number of halogens is 3. The third kappa shape index (κ3) is 6.47. The standard InChI is InChI=1S/C26H29F3N8O5/c27-26(28,29)22-21(42-25(33-22)36-10-4-1-5-11-36)23(38)31-17-8-9-20(30-16-17)34-12-14-35(15-13-34)24(39)32-18-6-2-3-7-19(18)37(40)41/h2-3,6-9,16,21-22H,1,4-5,10-15H2,(H,31,38)(H,32,39). The van der Waals surface area contributed by atoms with E-state index in [0.717, 1.165) is 19.3 Å². The summed E-state index contributed by atoms with van der Waals surface area (Å²) >= 11 is 0. The molecule has 1 aromatic heterocycles. The molecule has 0 radical (unpaired) electrons. The van der Waals surface area contributed by atoms with Gasteiger partial charge in [0.2, 0.25) is 6.10 Å². The molecule has 3 amide bonds. The first-order valence-electron chi connectivity index (χ1n) is 13.5. The van der Waals surface area contributed by atoms with Crippen molar-refractivity contribution in [2.75, 3.05) is 54.8 Å². The fourth-order valence-corrected chi connectivity index (χ4v) is 5.01. The average molecular weight is 591 g/mol. The van der Waals surface area contributed by atoms with E-state index in [1.165, 1.54) is 35.4 Å². The Balaban J connectivity index is 1.15. The number of hydrogen-bond acceptors (Lipinski definition) is 9. The molecule has 1 aromatic carbocycles. The van der Waals surface area contributed by atoms with Gasteiger partial charge in [-0.05, 0) is 37.5 Å². The van der Waals surface area contributed by atoms with Crippen LogP contribution in [0.15, 0.2) is 47.6 Å². The van der Waals surface area contributed by atoms with E-state index in [0.29, 0.717) is 45.1 Å². The number of benzene rings is 1. The summed E-state index contributed by atoms with van der Waals surface area (Å²) in [7, 11) is 0. The molecule has 16 heteroatoms. The molecule has 2 fully saturated rings. The number of ether oxygens (including phenoxy) is 1. The Labute approximate surface area is 238 Å². The van der Waals surface area contributed by atoms with Crippen molar-refractivity contribution in [2.24, 2.45) is 4.99 Å². The number of anilines is 3. The molecule has 2 N–H and O–H groups in total. The maximum Gasteiger partial charge on any atom is 0.415 e. The lowest BCUT2D eigenvalue weighted by molar-refractivity contribution is -0.383. The predicted molar refractivity (Wildman–Crippen MR) is 146 cm³/mol. The molecule has 13 nitrogen and oxygen atoms in total. The van der Waals surface area contributed by atoms with Crippen LogP contribution in [0.2, 0.25) is 0 Å². The number of amides is 3. The lowest BCUT2D eigenvalue weighted by Crippen LogP contribution is -2.50. The zero-order chi connectivity index (χ0) is 29.9. The van der Waals surface area contributed by atoms with Crippen molar-refractivity contribution in [1.29, 1.82) is 0 Å². The van der Waals surface area contributed by atoms with Crippen molar-refractivity contribution < 1.29 is 32.4 Å². The second kappa shape index (κ2) is 12.1. The van der Waals surface area contributed by atoms with Crippen LogP contribution >= 0.6 is 0 Å².